The van der Waals surface area contributed by atoms with Crippen molar-refractivity contribution in [2.45, 2.75) is 37.6 Å². The first-order valence-corrected chi connectivity index (χ1v) is 11.9. The Morgan fingerprint density at radius 3 is 2.50 bits per heavy atom. The van der Waals surface area contributed by atoms with Gasteiger partial charge in [0.25, 0.3) is 5.91 Å². The number of methoxy groups -OCH3 is 1. The molecule has 2 aromatic heterocycles. The van der Waals surface area contributed by atoms with Gasteiger partial charge >= 0.3 is 0 Å². The van der Waals surface area contributed by atoms with Crippen LogP contribution in [0.3, 0.4) is 0 Å². The van der Waals surface area contributed by atoms with Crippen molar-refractivity contribution >= 4 is 55.2 Å². The van der Waals surface area contributed by atoms with Gasteiger partial charge in [0, 0.05) is 40.6 Å². The lowest BCUT2D eigenvalue weighted by Gasteiger charge is -2.44. The van der Waals surface area contributed by atoms with Crippen LogP contribution in [0, 0.1) is 0 Å². The summed E-state index contributed by atoms with van der Waals surface area (Å²) >= 11 is 0. The monoisotopic (exact) mass is 482 g/mol. The normalized spacial score (nSPS) is 28.0. The van der Waals surface area contributed by atoms with Gasteiger partial charge < -0.3 is 34.2 Å². The highest BCUT2D eigenvalue weighted by Crippen LogP contribution is 2.54. The maximum atomic E-state index is 13.3. The van der Waals surface area contributed by atoms with Gasteiger partial charge in [0.15, 0.2) is 12.0 Å². The molecule has 8 rings (SSSR count). The number of aliphatic hydroxyl groups is 1. The average molecular weight is 482 g/mol. The lowest BCUT2D eigenvalue weighted by molar-refractivity contribution is -0.211. The van der Waals surface area contributed by atoms with E-state index in [0.29, 0.717) is 23.3 Å². The lowest BCUT2D eigenvalue weighted by Crippen LogP contribution is -2.54. The Labute approximate surface area is 204 Å². The molecule has 5 aromatic rings. The summed E-state index contributed by atoms with van der Waals surface area (Å²) in [5.74, 6) is -0.300. The van der Waals surface area contributed by atoms with E-state index in [0.717, 1.165) is 43.6 Å². The van der Waals surface area contributed by atoms with Crippen LogP contribution < -0.4 is 5.32 Å². The highest BCUT2D eigenvalue weighted by Gasteiger charge is 2.52. The lowest BCUT2D eigenvalue weighted by atomic mass is 9.95. The summed E-state index contributed by atoms with van der Waals surface area (Å²) in [5.41, 5.74) is 3.94. The molecule has 3 aliphatic heterocycles. The zero-order valence-electron chi connectivity index (χ0n) is 19.5. The number of oxime groups is 1. The molecule has 180 valence electrons. The van der Waals surface area contributed by atoms with Crippen molar-refractivity contribution in [3.8, 4) is 0 Å². The molecule has 9 nitrogen and oxygen atoms in total. The van der Waals surface area contributed by atoms with Crippen molar-refractivity contribution < 1.29 is 24.6 Å². The summed E-state index contributed by atoms with van der Waals surface area (Å²) in [6.07, 6.45) is -2.00. The summed E-state index contributed by atoms with van der Waals surface area (Å²) < 4.78 is 17.0. The second-order valence-electron chi connectivity index (χ2n) is 9.89. The number of nitrogens with zero attached hydrogens (tertiary/aromatic N) is 3. The van der Waals surface area contributed by atoms with Gasteiger partial charge in [0.1, 0.15) is 12.3 Å². The maximum absolute atomic E-state index is 13.3. The molecule has 2 bridgehead atoms. The molecule has 1 saturated heterocycles. The first-order chi connectivity index (χ1) is 17.5. The maximum Gasteiger partial charge on any atom is 0.254 e. The van der Waals surface area contributed by atoms with Gasteiger partial charge in [0.05, 0.1) is 33.3 Å². The summed E-state index contributed by atoms with van der Waals surface area (Å²) in [5, 5.41) is 30.9. The van der Waals surface area contributed by atoms with Gasteiger partial charge in [-0.2, -0.15) is 0 Å². The summed E-state index contributed by atoms with van der Waals surface area (Å²) in [6.45, 7) is 1.94. The van der Waals surface area contributed by atoms with Crippen LogP contribution in [0.4, 0.5) is 0 Å². The van der Waals surface area contributed by atoms with Gasteiger partial charge in [-0.1, -0.05) is 41.6 Å². The number of carbonyl (C=O) groups is 1. The molecule has 3 aromatic carbocycles. The number of nitrogens with one attached hydrogen (secondary N) is 1. The molecular formula is C27H22N4O5. The van der Waals surface area contributed by atoms with Crippen molar-refractivity contribution in [1.29, 1.82) is 0 Å². The molecule has 1 amide bonds. The van der Waals surface area contributed by atoms with Crippen molar-refractivity contribution in [2.24, 2.45) is 5.16 Å². The van der Waals surface area contributed by atoms with Crippen molar-refractivity contribution in [3.05, 3.63) is 59.7 Å². The predicted octanol–water partition coefficient (Wildman–Crippen LogP) is 4.09. The number of hydrogen-bond donors (Lipinski definition) is 3. The number of benzene rings is 3. The van der Waals surface area contributed by atoms with Crippen LogP contribution in [0.1, 0.15) is 41.7 Å². The van der Waals surface area contributed by atoms with Gasteiger partial charge in [-0.15, -0.1) is 0 Å². The fraction of sp³-hybridized carbons (Fsp3) is 0.259. The molecule has 0 aliphatic carbocycles. The number of amides is 1. The molecule has 0 radical (unpaired) electrons. The topological polar surface area (TPSA) is 110 Å². The third-order valence-corrected chi connectivity index (χ3v) is 8.21. The first kappa shape index (κ1) is 20.3. The Hall–Kier alpha value is -3.92. The molecule has 3 aliphatic rings. The van der Waals surface area contributed by atoms with E-state index in [2.05, 4.69) is 19.6 Å². The molecule has 4 atom stereocenters. The van der Waals surface area contributed by atoms with Crippen LogP contribution in [-0.4, -0.2) is 44.3 Å². The number of rotatable bonds is 1. The molecule has 9 heteroatoms. The highest BCUT2D eigenvalue weighted by atomic mass is 16.6. The summed E-state index contributed by atoms with van der Waals surface area (Å²) in [7, 11) is 1.58. The predicted molar refractivity (Wildman–Crippen MR) is 133 cm³/mol. The molecule has 36 heavy (non-hydrogen) atoms. The fourth-order valence-corrected chi connectivity index (χ4v) is 7.02. The van der Waals surface area contributed by atoms with E-state index < -0.39 is 24.3 Å². The van der Waals surface area contributed by atoms with E-state index in [-0.39, 0.29) is 5.91 Å². The number of fused-ring (bicyclic) bond motifs is 13. The minimum atomic E-state index is -1.14. The van der Waals surface area contributed by atoms with E-state index in [1.54, 1.807) is 7.11 Å². The Bertz CT molecular complexity index is 1850. The SMILES string of the molecule is CO[C@@H]1/C(=N/O)C[C@H]2O[C@]1(C)n1c3ccccc3c3c4c(c5c6ccccc6n2c5c31)C(=O)NC4O. The third kappa shape index (κ3) is 2.06. The van der Waals surface area contributed by atoms with Gasteiger partial charge in [-0.25, -0.2) is 0 Å². The molecule has 1 fully saturated rings. The number of carbonyl (C=O) groups excluding carboxylic acids is 1. The van der Waals surface area contributed by atoms with Gasteiger partial charge in [-0.3, -0.25) is 4.79 Å². The van der Waals surface area contributed by atoms with E-state index in [4.69, 9.17) is 9.47 Å². The van der Waals surface area contributed by atoms with Crippen LogP contribution in [0.5, 0.6) is 0 Å². The molecule has 1 unspecified atom stereocenters. The largest absolute Gasteiger partial charge is 0.411 e. The molecule has 0 saturated carbocycles. The first-order valence-electron chi connectivity index (χ1n) is 11.9. The number of para-hydroxylation sites is 2. The van der Waals surface area contributed by atoms with E-state index in [1.807, 2.05) is 55.5 Å². The standard InChI is InChI=1S/C27H22N4O5/c1-27-24(35-2)14(29-34)11-17(36-27)30-15-9-5-3-7-12(15)18-20-21(26(33)28-25(20)32)19-13-8-4-6-10-16(13)31(27)23(19)22(18)30/h3-10,17,24,26,33-34H,11H2,1-2H3,(H,28,32)/b29-14+/t17-,24-,26?,27+/m1/s1. The van der Waals surface area contributed by atoms with Crippen LogP contribution >= 0.6 is 0 Å². The Morgan fingerprint density at radius 2 is 1.78 bits per heavy atom. The van der Waals surface area contributed by atoms with Crippen molar-refractivity contribution in [3.63, 3.8) is 0 Å². The Balaban J connectivity index is 1.75. The molecular weight excluding hydrogens is 460 g/mol. The number of aromatic nitrogens is 2. The number of aliphatic hydroxyl groups excluding tert-OH is 1. The van der Waals surface area contributed by atoms with Gasteiger partial charge in [-0.05, 0) is 19.1 Å². The van der Waals surface area contributed by atoms with Crippen molar-refractivity contribution in [1.82, 2.24) is 14.5 Å². The van der Waals surface area contributed by atoms with E-state index in [1.165, 1.54) is 0 Å². The van der Waals surface area contributed by atoms with Crippen LogP contribution in [-0.2, 0) is 15.2 Å². The quantitative estimate of drug-likeness (QED) is 0.246. The van der Waals surface area contributed by atoms with E-state index >= 15 is 0 Å². The molecule has 5 heterocycles. The Morgan fingerprint density at radius 1 is 1.08 bits per heavy atom. The van der Waals surface area contributed by atoms with Crippen molar-refractivity contribution in [2.75, 3.05) is 7.11 Å². The number of hydrogen-bond acceptors (Lipinski definition) is 6. The van der Waals surface area contributed by atoms with Gasteiger partial charge in [0.2, 0.25) is 0 Å². The second-order valence-corrected chi connectivity index (χ2v) is 9.89. The third-order valence-electron chi connectivity index (χ3n) is 8.21. The molecule has 3 N–H and O–H groups in total. The van der Waals surface area contributed by atoms with Crippen LogP contribution in [0.25, 0.3) is 43.6 Å². The number of ether oxygens (including phenoxy) is 2. The zero-order valence-corrected chi connectivity index (χ0v) is 19.5. The minimum absolute atomic E-state index is 0.300. The van der Waals surface area contributed by atoms with Crippen LogP contribution in [0.2, 0.25) is 0 Å². The van der Waals surface area contributed by atoms with E-state index in [9.17, 15) is 15.1 Å². The highest BCUT2D eigenvalue weighted by molar-refractivity contribution is 6.31. The fourth-order valence-electron chi connectivity index (χ4n) is 7.02. The zero-order chi connectivity index (χ0) is 24.5. The average Bonchev–Trinajstić information content (AvgIpc) is 3.48. The molecule has 0 spiro atoms. The van der Waals surface area contributed by atoms with Crippen LogP contribution in [0.15, 0.2) is 53.7 Å². The smallest absolute Gasteiger partial charge is 0.254 e. The Kier molecular flexibility index (Phi) is 3.63. The minimum Gasteiger partial charge on any atom is -0.411 e. The second kappa shape index (κ2) is 6.44. The summed E-state index contributed by atoms with van der Waals surface area (Å²) in [4.78, 5) is 13.3. The summed E-state index contributed by atoms with van der Waals surface area (Å²) in [6, 6.07) is 15.8.